The number of hydrogen-bond acceptors (Lipinski definition) is 3. The number of nitrogens with zero attached hydrogens (tertiary/aromatic N) is 1. The molecule has 19 heavy (non-hydrogen) atoms. The van der Waals surface area contributed by atoms with E-state index in [1.165, 1.54) is 4.90 Å². The van der Waals surface area contributed by atoms with Crippen molar-refractivity contribution < 1.29 is 31.7 Å². The highest BCUT2D eigenvalue weighted by atomic mass is 35.5. The summed E-state index contributed by atoms with van der Waals surface area (Å²) in [5.74, 6) is -0.714. The Morgan fingerprint density at radius 2 is 2.11 bits per heavy atom. The second-order valence-electron chi connectivity index (χ2n) is 5.35. The van der Waals surface area contributed by atoms with E-state index in [9.17, 15) is 9.59 Å². The van der Waals surface area contributed by atoms with Gasteiger partial charge in [-0.15, -0.1) is 0 Å². The van der Waals surface area contributed by atoms with Crippen LogP contribution in [0.4, 0.5) is 0 Å². The van der Waals surface area contributed by atoms with Crippen LogP contribution in [-0.2, 0) is 14.3 Å². The first-order chi connectivity index (χ1) is 8.48. The zero-order chi connectivity index (χ0) is 13.1. The highest BCUT2D eigenvalue weighted by molar-refractivity contribution is 6.07. The zero-order valence-electron chi connectivity index (χ0n) is 11.1. The van der Waals surface area contributed by atoms with Crippen LogP contribution in [-0.4, -0.2) is 47.2 Å². The van der Waals surface area contributed by atoms with Gasteiger partial charge in [-0.2, -0.15) is 0 Å². The first-order valence-corrected chi connectivity index (χ1v) is 6.29. The van der Waals surface area contributed by atoms with Crippen molar-refractivity contribution in [2.45, 2.75) is 38.5 Å². The summed E-state index contributed by atoms with van der Waals surface area (Å²) < 4.78 is 5.89. The summed E-state index contributed by atoms with van der Waals surface area (Å²) in [7, 11) is 0. The second-order valence-corrected chi connectivity index (χ2v) is 5.35. The molecule has 0 radical (unpaired) electrons. The Morgan fingerprint density at radius 1 is 1.42 bits per heavy atom. The zero-order valence-corrected chi connectivity index (χ0v) is 11.9. The maximum absolute atomic E-state index is 12.3. The lowest BCUT2D eigenvalue weighted by molar-refractivity contribution is -0.517. The summed E-state index contributed by atoms with van der Waals surface area (Å²) >= 11 is 0. The Kier molecular flexibility index (Phi) is 3.31. The fraction of sp³-hybridized carbons (Fsp3) is 0.615. The van der Waals surface area contributed by atoms with E-state index in [1.54, 1.807) is 6.92 Å². The Balaban J connectivity index is 0.00000133. The molecule has 3 aliphatic rings. The van der Waals surface area contributed by atoms with E-state index in [-0.39, 0.29) is 30.3 Å². The number of rotatable bonds is 1. The van der Waals surface area contributed by atoms with E-state index < -0.39 is 17.6 Å². The number of carbonyl (C=O) groups excluding carboxylic acids is 2. The van der Waals surface area contributed by atoms with Gasteiger partial charge in [-0.25, -0.2) is 4.99 Å². The maximum Gasteiger partial charge on any atom is 0.259 e. The van der Waals surface area contributed by atoms with Crippen molar-refractivity contribution in [3.63, 3.8) is 0 Å². The van der Waals surface area contributed by atoms with Crippen molar-refractivity contribution >= 4 is 18.0 Å². The minimum Gasteiger partial charge on any atom is -1.00 e. The van der Waals surface area contributed by atoms with Crippen molar-refractivity contribution in [3.05, 3.63) is 11.6 Å². The Hall–Kier alpha value is -1.20. The number of allylic oxidation sites excluding steroid dienone is 1. The van der Waals surface area contributed by atoms with Gasteiger partial charge in [-0.05, 0) is 26.8 Å². The van der Waals surface area contributed by atoms with Crippen molar-refractivity contribution in [2.24, 2.45) is 5.92 Å². The molecule has 0 aromatic carbocycles. The summed E-state index contributed by atoms with van der Waals surface area (Å²) in [6.45, 7) is 6.11. The van der Waals surface area contributed by atoms with Crippen LogP contribution in [0, 0.1) is 5.92 Å². The summed E-state index contributed by atoms with van der Waals surface area (Å²) in [6, 6.07) is -0.154. The molecule has 4 atom stereocenters. The monoisotopic (exact) mass is 284 g/mol. The number of halogens is 1. The summed E-state index contributed by atoms with van der Waals surface area (Å²) in [4.78, 5) is 28.9. The summed E-state index contributed by atoms with van der Waals surface area (Å²) in [5, 5.41) is 0. The smallest absolute Gasteiger partial charge is 0.259 e. The number of likely N-dealkylation sites (N-methyl/N-ethyl adjacent to an activating group) is 1. The summed E-state index contributed by atoms with van der Waals surface area (Å²) in [6.07, 6.45) is 3.24. The van der Waals surface area contributed by atoms with Gasteiger partial charge in [-0.1, -0.05) is 0 Å². The molecule has 0 bridgehead atoms. The van der Waals surface area contributed by atoms with E-state index >= 15 is 0 Å². The first-order valence-electron chi connectivity index (χ1n) is 6.29. The number of imide groups is 1. The van der Waals surface area contributed by atoms with Gasteiger partial charge in [0.1, 0.15) is 11.5 Å². The van der Waals surface area contributed by atoms with Gasteiger partial charge in [-0.3, -0.25) is 14.5 Å². The molecule has 104 valence electrons. The molecule has 0 aromatic heterocycles. The topological polar surface area (TPSA) is 60.6 Å². The average Bonchev–Trinajstić information content (AvgIpc) is 2.71. The van der Waals surface area contributed by atoms with E-state index in [0.717, 1.165) is 5.57 Å². The molecule has 2 fully saturated rings. The third kappa shape index (κ3) is 1.75. The van der Waals surface area contributed by atoms with Crippen molar-refractivity contribution in [3.8, 4) is 0 Å². The van der Waals surface area contributed by atoms with Crippen molar-refractivity contribution in [1.29, 1.82) is 0 Å². The minimum absolute atomic E-state index is 0. The molecule has 3 heterocycles. The minimum atomic E-state index is -0.629. The molecule has 2 amide bonds. The van der Waals surface area contributed by atoms with Crippen LogP contribution >= 0.6 is 0 Å². The number of nitrogens with one attached hydrogen (secondary N) is 1. The lowest BCUT2D eigenvalue weighted by Gasteiger charge is -2.26. The van der Waals surface area contributed by atoms with E-state index in [1.807, 2.05) is 26.1 Å². The van der Waals surface area contributed by atoms with E-state index in [4.69, 9.17) is 4.74 Å². The lowest BCUT2D eigenvalue weighted by atomic mass is 9.85. The molecule has 0 unspecified atom stereocenters. The molecular formula is C13H17ClN2O3. The summed E-state index contributed by atoms with van der Waals surface area (Å²) in [5.41, 5.74) is 0.486. The highest BCUT2D eigenvalue weighted by Crippen LogP contribution is 2.41. The van der Waals surface area contributed by atoms with Crippen LogP contribution in [0.5, 0.6) is 0 Å². The molecular weight excluding hydrogens is 268 g/mol. The molecule has 3 rings (SSSR count). The van der Waals surface area contributed by atoms with Crippen LogP contribution < -0.4 is 17.4 Å². The van der Waals surface area contributed by atoms with E-state index in [0.29, 0.717) is 6.54 Å². The molecule has 5 nitrogen and oxygen atoms in total. The van der Waals surface area contributed by atoms with Crippen LogP contribution in [0.1, 0.15) is 20.8 Å². The first kappa shape index (κ1) is 14.2. The fourth-order valence-electron chi connectivity index (χ4n) is 3.29. The molecule has 2 saturated heterocycles. The number of ether oxygens (including phenoxy) is 1. The van der Waals surface area contributed by atoms with Gasteiger partial charge < -0.3 is 17.1 Å². The van der Waals surface area contributed by atoms with Crippen LogP contribution in [0.3, 0.4) is 0 Å². The number of hydrogen-bond donors (Lipinski definition) is 1. The maximum atomic E-state index is 12.3. The number of amides is 2. The normalized spacial score (nSPS) is 39.8. The number of fused-ring (bicyclic) bond motifs is 3. The molecule has 3 aliphatic heterocycles. The van der Waals surface area contributed by atoms with Crippen LogP contribution in [0.2, 0.25) is 0 Å². The van der Waals surface area contributed by atoms with Gasteiger partial charge in [0.25, 0.3) is 5.91 Å². The number of likely N-dealkylation sites (tertiary alicyclic amines) is 1. The Morgan fingerprint density at radius 3 is 2.74 bits per heavy atom. The molecule has 0 spiro atoms. The van der Waals surface area contributed by atoms with Crippen LogP contribution in [0.15, 0.2) is 11.6 Å². The van der Waals surface area contributed by atoms with Crippen molar-refractivity contribution in [2.75, 3.05) is 6.54 Å². The van der Waals surface area contributed by atoms with Gasteiger partial charge >= 0.3 is 0 Å². The Bertz CT molecular complexity index is 502. The molecule has 0 aliphatic carbocycles. The standard InChI is InChI=1S/C13H16N2O3.ClH/c1-4-15-11(16)8-9(12(15)17)18-13(3)5-7(2)6-14-10(8)13;/h5-6,8-10H,4H2,1-3H3;1H/t8-,9-,10-,13-;/m0./s1. The lowest BCUT2D eigenvalue weighted by Crippen LogP contribution is -3.00. The van der Waals surface area contributed by atoms with Crippen molar-refractivity contribution in [1.82, 2.24) is 4.90 Å². The SMILES string of the molecule is CCN1C(=O)[C@H]2[C@H](O[C@@]3(C)C=C(C)C=[NH+][C@@H]23)C1=O.[Cl-]. The third-order valence-corrected chi connectivity index (χ3v) is 4.07. The largest absolute Gasteiger partial charge is 1.00 e. The van der Waals surface area contributed by atoms with E-state index in [2.05, 4.69) is 4.99 Å². The van der Waals surface area contributed by atoms with Crippen LogP contribution in [0.25, 0.3) is 0 Å². The predicted molar refractivity (Wildman–Crippen MR) is 63.7 cm³/mol. The Labute approximate surface area is 118 Å². The third-order valence-electron chi connectivity index (χ3n) is 4.07. The predicted octanol–water partition coefficient (Wildman–Crippen LogP) is -4.37. The molecule has 0 saturated carbocycles. The quantitative estimate of drug-likeness (QED) is 0.495. The van der Waals surface area contributed by atoms with Gasteiger partial charge in [0, 0.05) is 12.1 Å². The van der Waals surface area contributed by atoms with Gasteiger partial charge in [0.15, 0.2) is 18.4 Å². The second kappa shape index (κ2) is 4.42. The molecule has 6 heteroatoms. The molecule has 0 aromatic rings. The molecule has 1 N–H and O–H groups in total. The average molecular weight is 285 g/mol. The van der Waals surface area contributed by atoms with Gasteiger partial charge in [0.2, 0.25) is 5.91 Å². The van der Waals surface area contributed by atoms with Gasteiger partial charge in [0.05, 0.1) is 0 Å². The highest BCUT2D eigenvalue weighted by Gasteiger charge is 2.66. The number of carbonyl (C=O) groups is 2. The fourth-order valence-corrected chi connectivity index (χ4v) is 3.29.